The molecule has 0 bridgehead atoms. The van der Waals surface area contributed by atoms with Gasteiger partial charge in [-0.25, -0.2) is 0 Å². The van der Waals surface area contributed by atoms with Crippen LogP contribution in [0.4, 0.5) is 0 Å². The highest BCUT2D eigenvalue weighted by Crippen LogP contribution is 2.13. The first-order valence-corrected chi connectivity index (χ1v) is 3.46. The molecular weight excluding hydrogens is 172 g/mol. The van der Waals surface area contributed by atoms with Gasteiger partial charge in [-0.2, -0.15) is 0 Å². The van der Waals surface area contributed by atoms with Crippen molar-refractivity contribution in [3.05, 3.63) is 30.2 Å². The summed E-state index contributed by atoms with van der Waals surface area (Å²) in [5, 5.41) is 0. The molecule has 0 aliphatic rings. The molecule has 0 aliphatic carbocycles. The number of furan rings is 1. The molecule has 13 heavy (non-hydrogen) atoms. The Hall–Kier alpha value is -2.04. The molecule has 5 heteroatoms. The number of carbonyl (C=O) groups excluding carboxylic acids is 2. The molecule has 0 unspecified atom stereocenters. The first-order chi connectivity index (χ1) is 6.11. The lowest BCUT2D eigenvalue weighted by Crippen LogP contribution is -2.16. The Morgan fingerprint density at radius 2 is 2.08 bits per heavy atom. The van der Waals surface area contributed by atoms with E-state index in [4.69, 9.17) is 15.9 Å². The van der Waals surface area contributed by atoms with Gasteiger partial charge in [0.2, 0.25) is 5.91 Å². The Morgan fingerprint density at radius 3 is 2.46 bits per heavy atom. The minimum Gasteiger partial charge on any atom is -0.464 e. The molecule has 4 N–H and O–H groups in total. The minimum atomic E-state index is -0.756. The number of nitrogens with two attached hydrogens (primary N) is 2. The fourth-order valence-corrected chi connectivity index (χ4v) is 0.838. The van der Waals surface area contributed by atoms with Gasteiger partial charge in [0.25, 0.3) is 5.91 Å². The van der Waals surface area contributed by atoms with Crippen LogP contribution in [0.2, 0.25) is 0 Å². The van der Waals surface area contributed by atoms with Crippen molar-refractivity contribution in [1.82, 2.24) is 0 Å². The van der Waals surface area contributed by atoms with E-state index < -0.39 is 11.8 Å². The molecule has 0 aromatic carbocycles. The van der Waals surface area contributed by atoms with Crippen LogP contribution >= 0.6 is 0 Å². The van der Waals surface area contributed by atoms with Gasteiger partial charge in [0.15, 0.2) is 0 Å². The Bertz CT molecular complexity index is 351. The highest BCUT2D eigenvalue weighted by atomic mass is 16.3. The summed E-state index contributed by atoms with van der Waals surface area (Å²) < 4.78 is 4.88. The molecule has 0 aliphatic heterocycles. The van der Waals surface area contributed by atoms with Crippen LogP contribution in [0.3, 0.4) is 0 Å². The van der Waals surface area contributed by atoms with Gasteiger partial charge in [0, 0.05) is 6.08 Å². The van der Waals surface area contributed by atoms with Gasteiger partial charge >= 0.3 is 0 Å². The van der Waals surface area contributed by atoms with Crippen molar-refractivity contribution in [1.29, 1.82) is 0 Å². The zero-order valence-electron chi connectivity index (χ0n) is 6.69. The van der Waals surface area contributed by atoms with Crippen molar-refractivity contribution < 1.29 is 14.0 Å². The summed E-state index contributed by atoms with van der Waals surface area (Å²) in [6, 6.07) is 3.09. The van der Waals surface area contributed by atoms with Gasteiger partial charge in [-0.1, -0.05) is 0 Å². The summed E-state index contributed by atoms with van der Waals surface area (Å²) in [4.78, 5) is 21.3. The molecule has 0 spiro atoms. The Kier molecular flexibility index (Phi) is 2.49. The van der Waals surface area contributed by atoms with Crippen molar-refractivity contribution in [2.45, 2.75) is 0 Å². The number of rotatable bonds is 3. The van der Waals surface area contributed by atoms with Crippen LogP contribution in [0.25, 0.3) is 5.57 Å². The van der Waals surface area contributed by atoms with Crippen LogP contribution in [0.5, 0.6) is 0 Å². The maximum atomic E-state index is 10.8. The van der Waals surface area contributed by atoms with Gasteiger partial charge in [-0.05, 0) is 12.1 Å². The number of hydrogen-bond acceptors (Lipinski definition) is 3. The Labute approximate surface area is 74.0 Å². The van der Waals surface area contributed by atoms with Crippen LogP contribution in [-0.4, -0.2) is 11.8 Å². The fourth-order valence-electron chi connectivity index (χ4n) is 0.838. The summed E-state index contributed by atoms with van der Waals surface area (Å²) in [6.07, 6.45) is 2.30. The second-order valence-electron chi connectivity index (χ2n) is 2.30. The van der Waals surface area contributed by atoms with E-state index in [1.165, 1.54) is 12.3 Å². The first-order valence-electron chi connectivity index (χ1n) is 3.46. The molecule has 1 aromatic rings. The quantitative estimate of drug-likeness (QED) is 0.621. The van der Waals surface area contributed by atoms with Crippen LogP contribution in [0.1, 0.15) is 5.76 Å². The highest BCUT2D eigenvalue weighted by Gasteiger charge is 2.11. The predicted molar refractivity (Wildman–Crippen MR) is 45.1 cm³/mol. The van der Waals surface area contributed by atoms with Crippen molar-refractivity contribution >= 4 is 17.4 Å². The molecule has 68 valence electrons. The maximum absolute atomic E-state index is 10.8. The standard InChI is InChI=1S/C8H8N2O3/c9-7(11)4-5(8(10)12)6-2-1-3-13-6/h1-4H,(H2,9,11)(H2,10,12)/b5-4-. The summed E-state index contributed by atoms with van der Waals surface area (Å²) in [7, 11) is 0. The second-order valence-corrected chi connectivity index (χ2v) is 2.30. The van der Waals surface area contributed by atoms with Gasteiger partial charge < -0.3 is 15.9 Å². The molecule has 1 aromatic heterocycles. The zero-order valence-corrected chi connectivity index (χ0v) is 6.69. The van der Waals surface area contributed by atoms with E-state index in [2.05, 4.69) is 0 Å². The average molecular weight is 180 g/mol. The van der Waals surface area contributed by atoms with Crippen LogP contribution in [0.15, 0.2) is 28.9 Å². The van der Waals surface area contributed by atoms with Crippen molar-refractivity contribution in [3.8, 4) is 0 Å². The van der Waals surface area contributed by atoms with Crippen molar-refractivity contribution in [2.75, 3.05) is 0 Å². The summed E-state index contributed by atoms with van der Waals surface area (Å²) in [5.74, 6) is -1.27. The van der Waals surface area contributed by atoms with E-state index >= 15 is 0 Å². The van der Waals surface area contributed by atoms with Crippen LogP contribution < -0.4 is 11.5 Å². The number of hydrogen-bond donors (Lipinski definition) is 2. The summed E-state index contributed by atoms with van der Waals surface area (Å²) in [5.41, 5.74) is 9.84. The Balaban J connectivity index is 3.08. The van der Waals surface area contributed by atoms with E-state index in [1.54, 1.807) is 6.07 Å². The van der Waals surface area contributed by atoms with Gasteiger partial charge in [0.1, 0.15) is 5.76 Å². The monoisotopic (exact) mass is 180 g/mol. The van der Waals surface area contributed by atoms with E-state index in [0.29, 0.717) is 0 Å². The molecular formula is C8H8N2O3. The fraction of sp³-hybridized carbons (Fsp3) is 0. The van der Waals surface area contributed by atoms with Crippen molar-refractivity contribution in [3.63, 3.8) is 0 Å². The molecule has 1 heterocycles. The molecule has 0 fully saturated rings. The molecule has 2 amide bonds. The number of carbonyl (C=O) groups is 2. The first kappa shape index (κ1) is 9.05. The van der Waals surface area contributed by atoms with E-state index in [9.17, 15) is 9.59 Å². The molecule has 0 saturated heterocycles. The molecule has 0 atom stereocenters. The molecule has 0 saturated carbocycles. The van der Waals surface area contributed by atoms with E-state index in [0.717, 1.165) is 6.08 Å². The van der Waals surface area contributed by atoms with Gasteiger partial charge in [-0.15, -0.1) is 0 Å². The third kappa shape index (κ3) is 2.19. The lowest BCUT2D eigenvalue weighted by molar-refractivity contribution is -0.115. The van der Waals surface area contributed by atoms with Crippen LogP contribution in [-0.2, 0) is 9.59 Å². The van der Waals surface area contributed by atoms with Crippen LogP contribution in [0, 0.1) is 0 Å². The van der Waals surface area contributed by atoms with Crippen molar-refractivity contribution in [2.24, 2.45) is 11.5 Å². The minimum absolute atomic E-state index is 0.0301. The average Bonchev–Trinajstić information content (AvgIpc) is 2.50. The molecule has 5 nitrogen and oxygen atoms in total. The smallest absolute Gasteiger partial charge is 0.252 e. The third-order valence-electron chi connectivity index (χ3n) is 1.34. The topological polar surface area (TPSA) is 99.3 Å². The van der Waals surface area contributed by atoms with E-state index in [-0.39, 0.29) is 11.3 Å². The zero-order chi connectivity index (χ0) is 9.84. The van der Waals surface area contributed by atoms with Gasteiger partial charge in [-0.3, -0.25) is 9.59 Å². The lowest BCUT2D eigenvalue weighted by Gasteiger charge is -1.96. The maximum Gasteiger partial charge on any atom is 0.252 e. The SMILES string of the molecule is NC(=O)/C=C(\C(N)=O)c1ccco1. The second kappa shape index (κ2) is 3.57. The largest absolute Gasteiger partial charge is 0.464 e. The predicted octanol–water partition coefficient (Wildman–Crippen LogP) is -0.366. The molecule has 0 radical (unpaired) electrons. The number of amides is 2. The normalized spacial score (nSPS) is 11.2. The summed E-state index contributed by atoms with van der Waals surface area (Å²) >= 11 is 0. The van der Waals surface area contributed by atoms with E-state index in [1.807, 2.05) is 0 Å². The molecule has 1 rings (SSSR count). The number of primary amides is 2. The third-order valence-corrected chi connectivity index (χ3v) is 1.34. The Morgan fingerprint density at radius 1 is 1.38 bits per heavy atom. The summed E-state index contributed by atoms with van der Waals surface area (Å²) in [6.45, 7) is 0. The van der Waals surface area contributed by atoms with Gasteiger partial charge in [0.05, 0.1) is 11.8 Å². The lowest BCUT2D eigenvalue weighted by atomic mass is 10.2. The highest BCUT2D eigenvalue weighted by molar-refractivity contribution is 6.21.